The van der Waals surface area contributed by atoms with Gasteiger partial charge in [0, 0.05) is 19.2 Å². The summed E-state index contributed by atoms with van der Waals surface area (Å²) >= 11 is 0. The molecule has 0 aliphatic heterocycles. The molecule has 0 bridgehead atoms. The lowest BCUT2D eigenvalue weighted by atomic mass is 10.1. The van der Waals surface area contributed by atoms with Crippen molar-refractivity contribution >= 4 is 0 Å². The van der Waals surface area contributed by atoms with Crippen molar-refractivity contribution in [1.29, 1.82) is 0 Å². The maximum Gasteiger partial charge on any atom is 0.194 e. The molecule has 17 heavy (non-hydrogen) atoms. The Bertz CT molecular complexity index is 348. The van der Waals surface area contributed by atoms with Gasteiger partial charge in [0.25, 0.3) is 0 Å². The van der Waals surface area contributed by atoms with Gasteiger partial charge in [-0.15, -0.1) is 0 Å². The normalized spacial score (nSPS) is 12.8. The summed E-state index contributed by atoms with van der Waals surface area (Å²) in [5.41, 5.74) is 0.345. The van der Waals surface area contributed by atoms with Gasteiger partial charge < -0.3 is 10.4 Å². The Balaban J connectivity index is 2.63. The van der Waals surface area contributed by atoms with E-state index in [1.807, 2.05) is 6.92 Å². The third kappa shape index (κ3) is 4.02. The van der Waals surface area contributed by atoms with Crippen molar-refractivity contribution in [3.63, 3.8) is 0 Å². The van der Waals surface area contributed by atoms with Crippen LogP contribution in [-0.4, -0.2) is 17.8 Å². The standard InChI is InChI=1S/C12H16F3NO/c1-2-9(3-4-17)16-7-8-5-10(13)12(15)11(14)6-8/h5-6,9,16-17H,2-4,7H2,1H3. The number of aliphatic hydroxyl groups excluding tert-OH is 1. The van der Waals surface area contributed by atoms with E-state index in [4.69, 9.17) is 5.11 Å². The van der Waals surface area contributed by atoms with Crippen LogP contribution in [0.3, 0.4) is 0 Å². The molecule has 0 spiro atoms. The SMILES string of the molecule is CCC(CCO)NCc1cc(F)c(F)c(F)c1. The molecule has 0 aromatic heterocycles. The second kappa shape index (κ2) is 6.61. The van der Waals surface area contributed by atoms with Gasteiger partial charge >= 0.3 is 0 Å². The molecule has 0 saturated carbocycles. The van der Waals surface area contributed by atoms with Crippen LogP contribution >= 0.6 is 0 Å². The third-order valence-electron chi connectivity index (χ3n) is 2.61. The van der Waals surface area contributed by atoms with Crippen LogP contribution in [0, 0.1) is 17.5 Å². The molecule has 0 aliphatic rings. The monoisotopic (exact) mass is 247 g/mol. The first-order valence-electron chi connectivity index (χ1n) is 5.56. The molecule has 2 nitrogen and oxygen atoms in total. The van der Waals surface area contributed by atoms with Crippen molar-refractivity contribution in [1.82, 2.24) is 5.32 Å². The number of hydrogen-bond acceptors (Lipinski definition) is 2. The molecule has 1 rings (SSSR count). The lowest BCUT2D eigenvalue weighted by Gasteiger charge is -2.15. The van der Waals surface area contributed by atoms with Crippen molar-refractivity contribution < 1.29 is 18.3 Å². The molecule has 0 saturated heterocycles. The van der Waals surface area contributed by atoms with Gasteiger partial charge in [-0.3, -0.25) is 0 Å². The minimum absolute atomic E-state index is 0.0532. The second-order valence-electron chi connectivity index (χ2n) is 3.87. The van der Waals surface area contributed by atoms with E-state index in [1.54, 1.807) is 0 Å². The lowest BCUT2D eigenvalue weighted by Crippen LogP contribution is -2.28. The van der Waals surface area contributed by atoms with Crippen molar-refractivity contribution in [2.24, 2.45) is 0 Å². The first-order valence-corrected chi connectivity index (χ1v) is 5.56. The Kier molecular flexibility index (Phi) is 5.44. The summed E-state index contributed by atoms with van der Waals surface area (Å²) in [5, 5.41) is 11.8. The Morgan fingerprint density at radius 2 is 1.82 bits per heavy atom. The molecule has 1 atom stereocenters. The molecule has 2 N–H and O–H groups in total. The zero-order valence-corrected chi connectivity index (χ0v) is 9.64. The van der Waals surface area contributed by atoms with Crippen LogP contribution in [-0.2, 0) is 6.54 Å². The molecular weight excluding hydrogens is 231 g/mol. The first-order chi connectivity index (χ1) is 8.08. The van der Waals surface area contributed by atoms with Crippen LogP contribution in [0.1, 0.15) is 25.3 Å². The Hall–Kier alpha value is -1.07. The fourth-order valence-electron chi connectivity index (χ4n) is 1.58. The quantitative estimate of drug-likeness (QED) is 0.756. The van der Waals surface area contributed by atoms with E-state index < -0.39 is 17.5 Å². The highest BCUT2D eigenvalue weighted by atomic mass is 19.2. The molecule has 0 heterocycles. The van der Waals surface area contributed by atoms with E-state index in [2.05, 4.69) is 5.32 Å². The summed E-state index contributed by atoms with van der Waals surface area (Å²) in [4.78, 5) is 0. The maximum atomic E-state index is 12.9. The van der Waals surface area contributed by atoms with E-state index >= 15 is 0 Å². The van der Waals surface area contributed by atoms with Gasteiger partial charge in [-0.25, -0.2) is 13.2 Å². The molecule has 1 aromatic carbocycles. The molecule has 1 unspecified atom stereocenters. The number of nitrogens with one attached hydrogen (secondary N) is 1. The fraction of sp³-hybridized carbons (Fsp3) is 0.500. The summed E-state index contributed by atoms with van der Waals surface area (Å²) in [7, 11) is 0. The van der Waals surface area contributed by atoms with E-state index in [-0.39, 0.29) is 19.2 Å². The highest BCUT2D eigenvalue weighted by Crippen LogP contribution is 2.13. The predicted octanol–water partition coefficient (Wildman–Crippen LogP) is 2.35. The van der Waals surface area contributed by atoms with E-state index in [9.17, 15) is 13.2 Å². The van der Waals surface area contributed by atoms with Gasteiger partial charge in [0.15, 0.2) is 17.5 Å². The molecule has 0 radical (unpaired) electrons. The number of rotatable bonds is 6. The number of halogens is 3. The fourth-order valence-corrected chi connectivity index (χ4v) is 1.58. The topological polar surface area (TPSA) is 32.3 Å². The van der Waals surface area contributed by atoms with Crippen molar-refractivity contribution in [2.45, 2.75) is 32.4 Å². The van der Waals surface area contributed by atoms with Crippen LogP contribution in [0.4, 0.5) is 13.2 Å². The Labute approximate surface area is 98.5 Å². The van der Waals surface area contributed by atoms with E-state index in [1.165, 1.54) is 0 Å². The summed E-state index contributed by atoms with van der Waals surface area (Å²) < 4.78 is 38.5. The lowest BCUT2D eigenvalue weighted by molar-refractivity contribution is 0.262. The Morgan fingerprint density at radius 3 is 2.29 bits per heavy atom. The summed E-state index contributed by atoms with van der Waals surface area (Å²) in [6, 6.07) is 2.02. The minimum atomic E-state index is -1.45. The minimum Gasteiger partial charge on any atom is -0.396 e. The van der Waals surface area contributed by atoms with Crippen molar-refractivity contribution in [2.75, 3.05) is 6.61 Å². The number of aliphatic hydroxyl groups is 1. The summed E-state index contributed by atoms with van der Waals surface area (Å²) in [6.45, 7) is 2.24. The summed E-state index contributed by atoms with van der Waals surface area (Å²) in [6.07, 6.45) is 1.37. The average Bonchev–Trinajstić information content (AvgIpc) is 2.31. The van der Waals surface area contributed by atoms with Gasteiger partial charge in [-0.2, -0.15) is 0 Å². The van der Waals surface area contributed by atoms with Crippen LogP contribution in [0.25, 0.3) is 0 Å². The molecule has 0 amide bonds. The van der Waals surface area contributed by atoms with Crippen molar-refractivity contribution in [3.8, 4) is 0 Å². The number of hydrogen-bond donors (Lipinski definition) is 2. The largest absolute Gasteiger partial charge is 0.396 e. The highest BCUT2D eigenvalue weighted by molar-refractivity contribution is 5.19. The van der Waals surface area contributed by atoms with Crippen LogP contribution in [0.5, 0.6) is 0 Å². The van der Waals surface area contributed by atoms with E-state index in [0.717, 1.165) is 18.6 Å². The van der Waals surface area contributed by atoms with Crippen LogP contribution < -0.4 is 5.32 Å². The molecule has 0 fully saturated rings. The zero-order chi connectivity index (χ0) is 12.8. The second-order valence-corrected chi connectivity index (χ2v) is 3.87. The van der Waals surface area contributed by atoms with Gasteiger partial charge in [-0.1, -0.05) is 6.92 Å². The summed E-state index contributed by atoms with van der Waals surface area (Å²) in [5.74, 6) is -3.81. The zero-order valence-electron chi connectivity index (χ0n) is 9.64. The van der Waals surface area contributed by atoms with Gasteiger partial charge in [0.05, 0.1) is 0 Å². The van der Waals surface area contributed by atoms with Crippen LogP contribution in [0.15, 0.2) is 12.1 Å². The molecule has 5 heteroatoms. The third-order valence-corrected chi connectivity index (χ3v) is 2.61. The molecule has 0 aliphatic carbocycles. The predicted molar refractivity (Wildman–Crippen MR) is 58.9 cm³/mol. The molecular formula is C12H16F3NO. The Morgan fingerprint density at radius 1 is 1.24 bits per heavy atom. The molecule has 1 aromatic rings. The van der Waals surface area contributed by atoms with Gasteiger partial charge in [0.2, 0.25) is 0 Å². The van der Waals surface area contributed by atoms with Crippen molar-refractivity contribution in [3.05, 3.63) is 35.1 Å². The van der Waals surface area contributed by atoms with E-state index in [0.29, 0.717) is 12.0 Å². The van der Waals surface area contributed by atoms with Gasteiger partial charge in [0.1, 0.15) is 0 Å². The highest BCUT2D eigenvalue weighted by Gasteiger charge is 2.11. The first kappa shape index (κ1) is 14.0. The average molecular weight is 247 g/mol. The maximum absolute atomic E-state index is 12.9. The van der Waals surface area contributed by atoms with Gasteiger partial charge in [-0.05, 0) is 30.5 Å². The molecule has 96 valence electrons. The number of benzene rings is 1. The smallest absolute Gasteiger partial charge is 0.194 e. The van der Waals surface area contributed by atoms with Crippen LogP contribution in [0.2, 0.25) is 0 Å².